The number of hydrogen-bond donors (Lipinski definition) is 4. The zero-order chi connectivity index (χ0) is 9.26. The van der Waals surface area contributed by atoms with Crippen molar-refractivity contribution in [1.29, 1.82) is 0 Å². The highest BCUT2D eigenvalue weighted by Gasteiger charge is 2.03. The Hall–Kier alpha value is -2.06. The highest BCUT2D eigenvalue weighted by molar-refractivity contribution is 5.68. The van der Waals surface area contributed by atoms with E-state index in [1.165, 1.54) is 12.4 Å². The molecule has 0 unspecified atom stereocenters. The molecule has 0 bridgehead atoms. The van der Waals surface area contributed by atoms with Gasteiger partial charge in [0.15, 0.2) is 11.2 Å². The quantitative estimate of drug-likeness (QED) is 0.343. The van der Waals surface area contributed by atoms with Gasteiger partial charge in [-0.3, -0.25) is 15.2 Å². The molecule has 0 fully saturated rings. The van der Waals surface area contributed by atoms with Gasteiger partial charge in [-0.2, -0.15) is 4.98 Å². The van der Waals surface area contributed by atoms with Gasteiger partial charge in [0.1, 0.15) is 0 Å². The van der Waals surface area contributed by atoms with Crippen molar-refractivity contribution in [3.63, 3.8) is 0 Å². The van der Waals surface area contributed by atoms with Crippen LogP contribution in [0.5, 0.6) is 0 Å². The number of aromatic nitrogens is 4. The van der Waals surface area contributed by atoms with E-state index < -0.39 is 0 Å². The van der Waals surface area contributed by atoms with Crippen molar-refractivity contribution in [3.8, 4) is 0 Å². The number of nitrogens with two attached hydrogens (primary N) is 1. The number of rotatable bonds is 1. The maximum absolute atomic E-state index is 11.3. The van der Waals surface area contributed by atoms with Crippen LogP contribution in [-0.4, -0.2) is 19.9 Å². The third-order valence-corrected chi connectivity index (χ3v) is 1.48. The second-order valence-corrected chi connectivity index (χ2v) is 2.29. The van der Waals surface area contributed by atoms with Crippen LogP contribution < -0.4 is 23.0 Å². The molecule has 0 aromatic carbocycles. The van der Waals surface area contributed by atoms with Crippen LogP contribution in [0.25, 0.3) is 11.2 Å². The first-order chi connectivity index (χ1) is 6.31. The molecule has 2 heterocycles. The topological polar surface area (TPSA) is 145 Å². The molecule has 0 saturated heterocycles. The lowest BCUT2D eigenvalue weighted by Crippen LogP contribution is -2.17. The van der Waals surface area contributed by atoms with Crippen LogP contribution in [0.15, 0.2) is 17.2 Å². The second kappa shape index (κ2) is 3.77. The Labute approximate surface area is 78.1 Å². The van der Waals surface area contributed by atoms with Gasteiger partial charge in [0.25, 0.3) is 5.56 Å². The SMILES string of the molecule is N.NNc1nc2nccnc2c(=O)[nH]1. The molecule has 2 rings (SSSR count). The molecule has 0 saturated carbocycles. The van der Waals surface area contributed by atoms with E-state index in [0.717, 1.165) is 0 Å². The summed E-state index contributed by atoms with van der Waals surface area (Å²) < 4.78 is 0. The summed E-state index contributed by atoms with van der Waals surface area (Å²) in [6.07, 6.45) is 2.88. The number of fused-ring (bicyclic) bond motifs is 1. The Bertz CT molecular complexity index is 493. The van der Waals surface area contributed by atoms with E-state index in [9.17, 15) is 4.79 Å². The molecule has 0 radical (unpaired) electrons. The third-order valence-electron chi connectivity index (χ3n) is 1.48. The molecule has 2 aromatic rings. The lowest BCUT2D eigenvalue weighted by Gasteiger charge is -1.98. The van der Waals surface area contributed by atoms with Crippen molar-refractivity contribution >= 4 is 17.1 Å². The molecule has 14 heavy (non-hydrogen) atoms. The van der Waals surface area contributed by atoms with Gasteiger partial charge in [-0.25, -0.2) is 15.8 Å². The zero-order valence-electron chi connectivity index (χ0n) is 7.19. The molecule has 0 spiro atoms. The summed E-state index contributed by atoms with van der Waals surface area (Å²) in [5, 5.41) is 0. The number of nitrogens with one attached hydrogen (secondary N) is 2. The van der Waals surface area contributed by atoms with E-state index in [2.05, 4.69) is 25.4 Å². The van der Waals surface area contributed by atoms with Crippen molar-refractivity contribution in [2.75, 3.05) is 5.43 Å². The molecule has 0 aliphatic heterocycles. The lowest BCUT2D eigenvalue weighted by atomic mass is 10.5. The zero-order valence-corrected chi connectivity index (χ0v) is 7.19. The standard InChI is InChI=1S/C6H6N6O.H3N/c7-12-6-10-4-3(5(13)11-6)8-1-2-9-4;/h1-2H,7H2,(H2,9,10,11,12,13);1H3. The number of nitrogens with zero attached hydrogens (tertiary/aromatic N) is 3. The van der Waals surface area contributed by atoms with Crippen LogP contribution in [0.3, 0.4) is 0 Å². The van der Waals surface area contributed by atoms with Crippen molar-refractivity contribution in [1.82, 2.24) is 26.1 Å². The summed E-state index contributed by atoms with van der Waals surface area (Å²) >= 11 is 0. The molecule has 74 valence electrons. The van der Waals surface area contributed by atoms with Crippen molar-refractivity contribution < 1.29 is 0 Å². The fourth-order valence-corrected chi connectivity index (χ4v) is 0.942. The van der Waals surface area contributed by atoms with Gasteiger partial charge in [-0.1, -0.05) is 0 Å². The minimum Gasteiger partial charge on any atom is -0.344 e. The number of nitrogen functional groups attached to an aromatic ring is 1. The van der Waals surface area contributed by atoms with E-state index in [-0.39, 0.29) is 28.8 Å². The average molecular weight is 195 g/mol. The number of hydrazine groups is 1. The highest BCUT2D eigenvalue weighted by atomic mass is 16.1. The fourth-order valence-electron chi connectivity index (χ4n) is 0.942. The van der Waals surface area contributed by atoms with E-state index in [1.54, 1.807) is 0 Å². The molecule has 0 aliphatic carbocycles. The molecule has 0 atom stereocenters. The summed E-state index contributed by atoms with van der Waals surface area (Å²) in [4.78, 5) is 25.2. The van der Waals surface area contributed by atoms with Crippen molar-refractivity contribution in [3.05, 3.63) is 22.7 Å². The van der Waals surface area contributed by atoms with E-state index in [4.69, 9.17) is 5.84 Å². The summed E-state index contributed by atoms with van der Waals surface area (Å²) in [5.74, 6) is 5.24. The Morgan fingerprint density at radius 1 is 1.36 bits per heavy atom. The van der Waals surface area contributed by atoms with Crippen molar-refractivity contribution in [2.24, 2.45) is 5.84 Å². The molecule has 8 nitrogen and oxygen atoms in total. The Kier molecular flexibility index (Phi) is 2.70. The van der Waals surface area contributed by atoms with Crippen molar-refractivity contribution in [2.45, 2.75) is 0 Å². The Balaban J connectivity index is 0.000000980. The molecule has 0 amide bonds. The van der Waals surface area contributed by atoms with E-state index >= 15 is 0 Å². The van der Waals surface area contributed by atoms with Gasteiger partial charge in [-0.05, 0) is 0 Å². The summed E-state index contributed by atoms with van der Waals surface area (Å²) in [5.41, 5.74) is 2.32. The molecule has 8 heteroatoms. The van der Waals surface area contributed by atoms with Gasteiger partial charge >= 0.3 is 0 Å². The smallest absolute Gasteiger partial charge is 0.280 e. The summed E-state index contributed by atoms with van der Waals surface area (Å²) in [6.45, 7) is 0. The minimum atomic E-state index is -0.369. The van der Waals surface area contributed by atoms with E-state index in [1.807, 2.05) is 0 Å². The lowest BCUT2D eigenvalue weighted by molar-refractivity contribution is 1.08. The fraction of sp³-hybridized carbons (Fsp3) is 0. The van der Waals surface area contributed by atoms with Gasteiger partial charge < -0.3 is 6.15 Å². The molecule has 2 aromatic heterocycles. The molecular weight excluding hydrogens is 186 g/mol. The largest absolute Gasteiger partial charge is 0.344 e. The van der Waals surface area contributed by atoms with Gasteiger partial charge in [0.05, 0.1) is 0 Å². The van der Waals surface area contributed by atoms with Gasteiger partial charge in [-0.15, -0.1) is 0 Å². The Morgan fingerprint density at radius 2 is 2.07 bits per heavy atom. The molecule has 7 N–H and O–H groups in total. The maximum Gasteiger partial charge on any atom is 0.280 e. The van der Waals surface area contributed by atoms with Crippen LogP contribution in [0.4, 0.5) is 5.95 Å². The van der Waals surface area contributed by atoms with Crippen LogP contribution in [-0.2, 0) is 0 Å². The number of anilines is 1. The second-order valence-electron chi connectivity index (χ2n) is 2.29. The first-order valence-corrected chi connectivity index (χ1v) is 3.49. The monoisotopic (exact) mass is 195 g/mol. The minimum absolute atomic E-state index is 0. The van der Waals surface area contributed by atoms with Gasteiger partial charge in [0, 0.05) is 12.4 Å². The maximum atomic E-state index is 11.3. The van der Waals surface area contributed by atoms with Crippen LogP contribution >= 0.6 is 0 Å². The number of H-pyrrole nitrogens is 1. The predicted octanol–water partition coefficient (Wildman–Crippen LogP) is -0.839. The van der Waals surface area contributed by atoms with Crippen LogP contribution in [0.1, 0.15) is 0 Å². The number of hydrogen-bond acceptors (Lipinski definition) is 7. The average Bonchev–Trinajstić information content (AvgIpc) is 2.18. The third kappa shape index (κ3) is 1.51. The number of aromatic amines is 1. The summed E-state index contributed by atoms with van der Waals surface area (Å²) in [6, 6.07) is 0. The Morgan fingerprint density at radius 3 is 2.79 bits per heavy atom. The molecule has 0 aliphatic rings. The van der Waals surface area contributed by atoms with Gasteiger partial charge in [0.2, 0.25) is 5.95 Å². The molecular formula is C6H9N7O. The normalized spacial score (nSPS) is 9.50. The highest BCUT2D eigenvalue weighted by Crippen LogP contribution is 1.99. The van der Waals surface area contributed by atoms with Crippen LogP contribution in [0.2, 0.25) is 0 Å². The summed E-state index contributed by atoms with van der Waals surface area (Å²) in [7, 11) is 0. The van der Waals surface area contributed by atoms with E-state index in [0.29, 0.717) is 0 Å². The first kappa shape index (κ1) is 10.0. The first-order valence-electron chi connectivity index (χ1n) is 3.49. The van der Waals surface area contributed by atoms with Crippen LogP contribution in [0, 0.1) is 0 Å². The predicted molar refractivity (Wildman–Crippen MR) is 50.8 cm³/mol.